The van der Waals surface area contributed by atoms with Crippen LogP contribution < -0.4 is 10.6 Å². The topological polar surface area (TPSA) is 80.9 Å². The Morgan fingerprint density at radius 1 is 1.11 bits per heavy atom. The third kappa shape index (κ3) is 10.4. The average Bonchev–Trinajstić information content (AvgIpc) is 3.25. The van der Waals surface area contributed by atoms with Gasteiger partial charge >= 0.3 is 0 Å². The predicted molar refractivity (Wildman–Crippen MR) is 120 cm³/mol. The summed E-state index contributed by atoms with van der Waals surface area (Å²) in [5.74, 6) is 0.437. The summed E-state index contributed by atoms with van der Waals surface area (Å²) < 4.78 is 10.4. The number of thiocarbonyl (C=S) groups is 1. The standard InChI is InChI=1S/C8H11ClN2OS.C5H10N2OS.C3H4Cl2O/c9-5-7-6-13-8(10-7)11-1-3-12-4-2-11;6-5(9)7-1-3-8-4-2-7;4-1-3(6)2-5/h6H,1-5H2;1-4H2,(H2,6,9);1-2H2. The van der Waals surface area contributed by atoms with Gasteiger partial charge in [0, 0.05) is 31.6 Å². The first-order chi connectivity index (χ1) is 13.5. The lowest BCUT2D eigenvalue weighted by Crippen LogP contribution is -2.43. The van der Waals surface area contributed by atoms with Gasteiger partial charge in [-0.25, -0.2) is 4.98 Å². The van der Waals surface area contributed by atoms with E-state index in [4.69, 9.17) is 62.2 Å². The van der Waals surface area contributed by atoms with Crippen molar-refractivity contribution < 1.29 is 14.3 Å². The van der Waals surface area contributed by atoms with Crippen LogP contribution in [0.2, 0.25) is 0 Å². The Kier molecular flexibility index (Phi) is 14.1. The number of ketones is 1. The number of hydrogen-bond acceptors (Lipinski definition) is 7. The lowest BCUT2D eigenvalue weighted by Gasteiger charge is -2.26. The van der Waals surface area contributed by atoms with Crippen molar-refractivity contribution in [1.82, 2.24) is 9.88 Å². The number of nitrogens with two attached hydrogens (primary N) is 1. The molecule has 2 fully saturated rings. The minimum atomic E-state index is -0.127. The van der Waals surface area contributed by atoms with E-state index in [-0.39, 0.29) is 17.5 Å². The molecule has 0 bridgehead atoms. The number of carbonyl (C=O) groups excluding carboxylic acids is 1. The summed E-state index contributed by atoms with van der Waals surface area (Å²) in [6, 6.07) is 0. The zero-order valence-electron chi connectivity index (χ0n) is 15.4. The number of nitrogens with zero attached hydrogens (tertiary/aromatic N) is 3. The van der Waals surface area contributed by atoms with Gasteiger partial charge in [0.05, 0.1) is 49.8 Å². The van der Waals surface area contributed by atoms with Gasteiger partial charge in [0.15, 0.2) is 16.0 Å². The molecule has 12 heteroatoms. The number of halogens is 3. The summed E-state index contributed by atoms with van der Waals surface area (Å²) in [4.78, 5) is 18.5. The fourth-order valence-electron chi connectivity index (χ4n) is 2.08. The lowest BCUT2D eigenvalue weighted by molar-refractivity contribution is -0.114. The Morgan fingerprint density at radius 3 is 2.00 bits per heavy atom. The Hall–Kier alpha value is -0.420. The van der Waals surface area contributed by atoms with Crippen molar-refractivity contribution in [1.29, 1.82) is 0 Å². The summed E-state index contributed by atoms with van der Waals surface area (Å²) in [5, 5.41) is 3.56. The first-order valence-corrected chi connectivity index (χ1v) is 11.5. The van der Waals surface area contributed by atoms with Crippen molar-refractivity contribution in [2.45, 2.75) is 5.88 Å². The second kappa shape index (κ2) is 15.4. The number of hydrogen-bond donors (Lipinski definition) is 1. The molecule has 0 radical (unpaired) electrons. The Labute approximate surface area is 190 Å². The molecule has 0 aromatic carbocycles. The molecule has 0 amide bonds. The third-order valence-corrected chi connectivity index (χ3v) is 5.66. The van der Waals surface area contributed by atoms with Gasteiger partial charge in [-0.1, -0.05) is 0 Å². The molecule has 2 saturated heterocycles. The van der Waals surface area contributed by atoms with Crippen LogP contribution in [0.4, 0.5) is 5.13 Å². The number of carbonyl (C=O) groups is 1. The van der Waals surface area contributed by atoms with Crippen LogP contribution in [-0.2, 0) is 20.1 Å². The summed E-state index contributed by atoms with van der Waals surface area (Å²) in [7, 11) is 0. The van der Waals surface area contributed by atoms with E-state index in [0.717, 1.165) is 63.4 Å². The maximum atomic E-state index is 9.92. The lowest BCUT2D eigenvalue weighted by atomic mass is 10.5. The van der Waals surface area contributed by atoms with Gasteiger partial charge in [0.25, 0.3) is 0 Å². The van der Waals surface area contributed by atoms with Crippen molar-refractivity contribution in [3.63, 3.8) is 0 Å². The van der Waals surface area contributed by atoms with E-state index in [1.807, 2.05) is 10.3 Å². The smallest absolute Gasteiger partial charge is 0.185 e. The molecule has 2 aliphatic heterocycles. The Morgan fingerprint density at radius 2 is 1.64 bits per heavy atom. The van der Waals surface area contributed by atoms with Gasteiger partial charge in [-0.2, -0.15) is 0 Å². The number of anilines is 1. The fraction of sp³-hybridized carbons (Fsp3) is 0.688. The molecule has 3 rings (SSSR count). The molecule has 0 saturated carbocycles. The molecule has 0 unspecified atom stereocenters. The van der Waals surface area contributed by atoms with E-state index in [9.17, 15) is 4.79 Å². The van der Waals surface area contributed by atoms with Crippen LogP contribution in [0.5, 0.6) is 0 Å². The normalized spacial score (nSPS) is 16.4. The largest absolute Gasteiger partial charge is 0.378 e. The van der Waals surface area contributed by atoms with Crippen LogP contribution >= 0.6 is 58.4 Å². The molecular formula is C16H25Cl3N4O3S2. The first-order valence-electron chi connectivity index (χ1n) is 8.60. The van der Waals surface area contributed by atoms with E-state index in [2.05, 4.69) is 9.88 Å². The number of alkyl halides is 3. The number of morpholine rings is 2. The van der Waals surface area contributed by atoms with Crippen molar-refractivity contribution in [3.8, 4) is 0 Å². The van der Waals surface area contributed by atoms with E-state index in [1.54, 1.807) is 11.3 Å². The second-order valence-corrected chi connectivity index (χ2v) is 7.65. The van der Waals surface area contributed by atoms with Crippen molar-refractivity contribution in [3.05, 3.63) is 11.1 Å². The molecule has 0 spiro atoms. The molecular weight excluding hydrogens is 467 g/mol. The van der Waals surface area contributed by atoms with Crippen molar-refractivity contribution in [2.75, 3.05) is 69.3 Å². The highest BCUT2D eigenvalue weighted by Gasteiger charge is 2.14. The monoisotopic (exact) mass is 490 g/mol. The van der Waals surface area contributed by atoms with E-state index < -0.39 is 0 Å². The molecule has 160 valence electrons. The minimum absolute atomic E-state index is 0.0312. The van der Waals surface area contributed by atoms with Crippen LogP contribution in [0.25, 0.3) is 0 Å². The molecule has 0 aliphatic carbocycles. The van der Waals surface area contributed by atoms with Crippen LogP contribution in [0.3, 0.4) is 0 Å². The minimum Gasteiger partial charge on any atom is -0.378 e. The number of ether oxygens (including phenoxy) is 2. The molecule has 0 atom stereocenters. The number of Topliss-reactive ketones (excluding diaryl/α,β-unsaturated/α-hetero) is 1. The molecule has 28 heavy (non-hydrogen) atoms. The number of aromatic nitrogens is 1. The quantitative estimate of drug-likeness (QED) is 0.508. The first kappa shape index (κ1) is 25.6. The van der Waals surface area contributed by atoms with Crippen LogP contribution in [0.1, 0.15) is 5.69 Å². The summed E-state index contributed by atoms with van der Waals surface area (Å²) in [5.41, 5.74) is 6.33. The van der Waals surface area contributed by atoms with E-state index >= 15 is 0 Å². The van der Waals surface area contributed by atoms with Crippen LogP contribution in [0.15, 0.2) is 5.38 Å². The summed E-state index contributed by atoms with van der Waals surface area (Å²) >= 11 is 22.1. The van der Waals surface area contributed by atoms with Crippen LogP contribution in [0, 0.1) is 0 Å². The average molecular weight is 492 g/mol. The van der Waals surface area contributed by atoms with E-state index in [1.165, 1.54) is 0 Å². The van der Waals surface area contributed by atoms with Gasteiger partial charge in [0.2, 0.25) is 0 Å². The molecule has 7 nitrogen and oxygen atoms in total. The predicted octanol–water partition coefficient (Wildman–Crippen LogP) is 2.31. The number of rotatable bonds is 4. The third-order valence-electron chi connectivity index (χ3n) is 3.58. The second-order valence-electron chi connectivity index (χ2n) is 5.60. The summed E-state index contributed by atoms with van der Waals surface area (Å²) in [6.45, 7) is 6.66. The van der Waals surface area contributed by atoms with Gasteiger partial charge in [-0.05, 0) is 12.2 Å². The van der Waals surface area contributed by atoms with E-state index in [0.29, 0.717) is 11.0 Å². The molecule has 1 aromatic heterocycles. The number of thiazole rings is 1. The highest BCUT2D eigenvalue weighted by molar-refractivity contribution is 7.80. The van der Waals surface area contributed by atoms with Gasteiger partial charge in [0.1, 0.15) is 0 Å². The molecule has 3 heterocycles. The zero-order valence-corrected chi connectivity index (χ0v) is 19.4. The van der Waals surface area contributed by atoms with Crippen LogP contribution in [-0.4, -0.2) is 85.1 Å². The highest BCUT2D eigenvalue weighted by atomic mass is 35.5. The fourth-order valence-corrected chi connectivity index (χ4v) is 3.65. The van der Waals surface area contributed by atoms with Crippen molar-refractivity contribution >= 4 is 74.4 Å². The van der Waals surface area contributed by atoms with Gasteiger partial charge < -0.3 is 25.0 Å². The maximum absolute atomic E-state index is 9.92. The summed E-state index contributed by atoms with van der Waals surface area (Å²) in [6.07, 6.45) is 0. The molecule has 2 aliphatic rings. The zero-order chi connectivity index (χ0) is 20.8. The Bertz CT molecular complexity index is 577. The van der Waals surface area contributed by atoms with Crippen molar-refractivity contribution in [2.24, 2.45) is 5.73 Å². The maximum Gasteiger partial charge on any atom is 0.185 e. The SMILES string of the molecule is ClCc1csc(N2CCOCC2)n1.NC(=S)N1CCOCC1.O=C(CCl)CCl. The van der Waals surface area contributed by atoms with Gasteiger partial charge in [-0.15, -0.1) is 46.1 Å². The Balaban J connectivity index is 0.000000229. The molecule has 2 N–H and O–H groups in total. The van der Waals surface area contributed by atoms with Gasteiger partial charge in [-0.3, -0.25) is 4.79 Å². The highest BCUT2D eigenvalue weighted by Crippen LogP contribution is 2.21. The molecule has 1 aromatic rings.